The monoisotopic (exact) mass is 286 g/mol. The van der Waals surface area contributed by atoms with Gasteiger partial charge in [-0.15, -0.1) is 12.6 Å². The molecule has 1 saturated carbocycles. The zero-order valence-corrected chi connectivity index (χ0v) is 11.9. The van der Waals surface area contributed by atoms with Crippen molar-refractivity contribution in [1.29, 1.82) is 0 Å². The SMILES string of the molecule is CCOC(=O)C1=C(C(=O)OCC)N(C2CC2)C(S)N1. The Kier molecular flexibility index (Phi) is 4.24. The summed E-state index contributed by atoms with van der Waals surface area (Å²) in [6.07, 6.45) is 1.97. The van der Waals surface area contributed by atoms with Crippen LogP contribution in [0.4, 0.5) is 0 Å². The molecule has 0 spiro atoms. The average molecular weight is 286 g/mol. The summed E-state index contributed by atoms with van der Waals surface area (Å²) >= 11 is 4.37. The number of hydrogen-bond donors (Lipinski definition) is 2. The quantitative estimate of drug-likeness (QED) is 0.570. The highest BCUT2D eigenvalue weighted by Gasteiger charge is 2.45. The number of esters is 2. The van der Waals surface area contributed by atoms with Gasteiger partial charge in [0.05, 0.1) is 13.2 Å². The van der Waals surface area contributed by atoms with Crippen LogP contribution >= 0.6 is 12.6 Å². The van der Waals surface area contributed by atoms with E-state index in [1.807, 2.05) is 0 Å². The molecule has 106 valence electrons. The normalized spacial score (nSPS) is 22.3. The van der Waals surface area contributed by atoms with Crippen molar-refractivity contribution in [3.8, 4) is 0 Å². The van der Waals surface area contributed by atoms with E-state index >= 15 is 0 Å². The Morgan fingerprint density at radius 3 is 2.37 bits per heavy atom. The molecule has 1 aliphatic carbocycles. The molecular formula is C12H18N2O4S. The summed E-state index contributed by atoms with van der Waals surface area (Å²) in [5.74, 6) is -1.06. The highest BCUT2D eigenvalue weighted by Crippen LogP contribution is 2.37. The van der Waals surface area contributed by atoms with Crippen LogP contribution in [0.5, 0.6) is 0 Å². The molecular weight excluding hydrogens is 268 g/mol. The van der Waals surface area contributed by atoms with E-state index in [0.29, 0.717) is 0 Å². The second-order valence-electron chi connectivity index (χ2n) is 4.32. The molecule has 0 aromatic rings. The third kappa shape index (κ3) is 2.80. The smallest absolute Gasteiger partial charge is 0.357 e. The number of nitrogens with one attached hydrogen (secondary N) is 1. The Morgan fingerprint density at radius 2 is 1.84 bits per heavy atom. The highest BCUT2D eigenvalue weighted by molar-refractivity contribution is 7.80. The predicted molar refractivity (Wildman–Crippen MR) is 71.1 cm³/mol. The largest absolute Gasteiger partial charge is 0.461 e. The van der Waals surface area contributed by atoms with Gasteiger partial charge in [-0.2, -0.15) is 0 Å². The maximum atomic E-state index is 12.0. The molecule has 0 amide bonds. The van der Waals surface area contributed by atoms with Crippen LogP contribution in [0, 0.1) is 0 Å². The van der Waals surface area contributed by atoms with Crippen LogP contribution in [0.2, 0.25) is 0 Å². The van der Waals surface area contributed by atoms with Gasteiger partial charge in [-0.05, 0) is 26.7 Å². The van der Waals surface area contributed by atoms with Gasteiger partial charge in [0.2, 0.25) is 0 Å². The van der Waals surface area contributed by atoms with E-state index in [4.69, 9.17) is 9.47 Å². The molecule has 2 rings (SSSR count). The van der Waals surface area contributed by atoms with Gasteiger partial charge in [-0.25, -0.2) is 9.59 Å². The van der Waals surface area contributed by atoms with Crippen molar-refractivity contribution < 1.29 is 19.1 Å². The van der Waals surface area contributed by atoms with Crippen molar-refractivity contribution in [2.75, 3.05) is 13.2 Å². The minimum atomic E-state index is -0.548. The van der Waals surface area contributed by atoms with Crippen LogP contribution in [-0.2, 0) is 19.1 Å². The Labute approximate surface area is 117 Å². The van der Waals surface area contributed by atoms with Crippen molar-refractivity contribution in [1.82, 2.24) is 10.2 Å². The zero-order valence-electron chi connectivity index (χ0n) is 11.0. The Morgan fingerprint density at radius 1 is 1.26 bits per heavy atom. The molecule has 19 heavy (non-hydrogen) atoms. The first kappa shape index (κ1) is 14.0. The van der Waals surface area contributed by atoms with Crippen molar-refractivity contribution in [3.05, 3.63) is 11.4 Å². The van der Waals surface area contributed by atoms with Crippen LogP contribution in [0.1, 0.15) is 26.7 Å². The summed E-state index contributed by atoms with van der Waals surface area (Å²) < 4.78 is 9.97. The molecule has 0 aromatic carbocycles. The van der Waals surface area contributed by atoms with Crippen molar-refractivity contribution in [3.63, 3.8) is 0 Å². The van der Waals surface area contributed by atoms with E-state index < -0.39 is 17.4 Å². The maximum Gasteiger partial charge on any atom is 0.357 e. The van der Waals surface area contributed by atoms with Crippen molar-refractivity contribution in [2.45, 2.75) is 38.2 Å². The second kappa shape index (κ2) is 5.73. The second-order valence-corrected chi connectivity index (χ2v) is 4.81. The fourth-order valence-corrected chi connectivity index (χ4v) is 2.45. The first-order valence-electron chi connectivity index (χ1n) is 6.41. The predicted octanol–water partition coefficient (Wildman–Crippen LogP) is 0.605. The molecule has 1 fully saturated rings. The molecule has 1 atom stereocenters. The lowest BCUT2D eigenvalue weighted by Crippen LogP contribution is -2.36. The standard InChI is InChI=1S/C12H18N2O4S/c1-3-17-10(15)8-9(11(16)18-4-2)14(7-5-6-7)12(19)13-8/h7,12-13,19H,3-6H2,1-2H3. The minimum absolute atomic E-state index is 0.146. The summed E-state index contributed by atoms with van der Waals surface area (Å²) in [6.45, 7) is 3.95. The van der Waals surface area contributed by atoms with Gasteiger partial charge in [0.15, 0.2) is 11.4 Å². The number of ether oxygens (including phenoxy) is 2. The van der Waals surface area contributed by atoms with Crippen LogP contribution in [-0.4, -0.2) is 41.6 Å². The van der Waals surface area contributed by atoms with Crippen LogP contribution in [0.15, 0.2) is 11.4 Å². The van der Waals surface area contributed by atoms with Gasteiger partial charge in [0.25, 0.3) is 0 Å². The molecule has 1 N–H and O–H groups in total. The van der Waals surface area contributed by atoms with Gasteiger partial charge in [0, 0.05) is 6.04 Å². The molecule has 0 bridgehead atoms. The third-order valence-corrected chi connectivity index (χ3v) is 3.30. The molecule has 1 aliphatic heterocycles. The molecule has 6 nitrogen and oxygen atoms in total. The maximum absolute atomic E-state index is 12.0. The highest BCUT2D eigenvalue weighted by atomic mass is 32.1. The molecule has 0 radical (unpaired) electrons. The van der Waals surface area contributed by atoms with Crippen LogP contribution in [0.3, 0.4) is 0 Å². The lowest BCUT2D eigenvalue weighted by Gasteiger charge is -2.24. The summed E-state index contributed by atoms with van der Waals surface area (Å²) in [5, 5.41) is 2.89. The van der Waals surface area contributed by atoms with Gasteiger partial charge in [-0.3, -0.25) is 0 Å². The van der Waals surface area contributed by atoms with Gasteiger partial charge < -0.3 is 19.7 Å². The zero-order chi connectivity index (χ0) is 14.0. The van der Waals surface area contributed by atoms with E-state index in [9.17, 15) is 9.59 Å². The van der Waals surface area contributed by atoms with E-state index in [-0.39, 0.29) is 30.6 Å². The lowest BCUT2D eigenvalue weighted by atomic mass is 10.3. The van der Waals surface area contributed by atoms with E-state index in [0.717, 1.165) is 12.8 Å². The molecule has 7 heteroatoms. The molecule has 0 saturated heterocycles. The summed E-state index contributed by atoms with van der Waals surface area (Å²) in [6, 6.07) is 0.237. The third-order valence-electron chi connectivity index (χ3n) is 2.92. The molecule has 0 aromatic heterocycles. The van der Waals surface area contributed by atoms with Crippen molar-refractivity contribution in [2.24, 2.45) is 0 Å². The van der Waals surface area contributed by atoms with E-state index in [2.05, 4.69) is 17.9 Å². The molecule has 1 unspecified atom stereocenters. The first-order valence-corrected chi connectivity index (χ1v) is 6.93. The molecule has 2 aliphatic rings. The number of carbonyl (C=O) groups is 2. The summed E-state index contributed by atoms with van der Waals surface area (Å²) in [4.78, 5) is 25.7. The lowest BCUT2D eigenvalue weighted by molar-refractivity contribution is -0.142. The van der Waals surface area contributed by atoms with Crippen LogP contribution in [0.25, 0.3) is 0 Å². The fourth-order valence-electron chi connectivity index (χ4n) is 2.02. The average Bonchev–Trinajstić information content (AvgIpc) is 3.13. The van der Waals surface area contributed by atoms with E-state index in [1.165, 1.54) is 0 Å². The van der Waals surface area contributed by atoms with Crippen molar-refractivity contribution >= 4 is 24.6 Å². The number of nitrogens with zero attached hydrogens (tertiary/aromatic N) is 1. The Bertz CT molecular complexity index is 420. The summed E-state index contributed by atoms with van der Waals surface area (Å²) in [7, 11) is 0. The van der Waals surface area contributed by atoms with Gasteiger partial charge >= 0.3 is 11.9 Å². The first-order chi connectivity index (χ1) is 9.10. The van der Waals surface area contributed by atoms with E-state index in [1.54, 1.807) is 18.7 Å². The number of thiol groups is 1. The Balaban J connectivity index is 2.30. The topological polar surface area (TPSA) is 67.9 Å². The number of hydrogen-bond acceptors (Lipinski definition) is 7. The minimum Gasteiger partial charge on any atom is -0.461 e. The Hall–Kier alpha value is -1.37. The number of carbonyl (C=O) groups excluding carboxylic acids is 2. The van der Waals surface area contributed by atoms with Gasteiger partial charge in [-0.1, -0.05) is 0 Å². The fraction of sp³-hybridized carbons (Fsp3) is 0.667. The van der Waals surface area contributed by atoms with Crippen LogP contribution < -0.4 is 5.32 Å². The molecule has 1 heterocycles. The number of rotatable bonds is 5. The summed E-state index contributed by atoms with van der Waals surface area (Å²) in [5.41, 5.74) is -0.0127. The van der Waals surface area contributed by atoms with Gasteiger partial charge in [0.1, 0.15) is 5.50 Å².